The molecule has 28 heavy (non-hydrogen) atoms. The number of carbonyl (C=O) groups excluding carboxylic acids is 2. The van der Waals surface area contributed by atoms with E-state index in [0.29, 0.717) is 40.8 Å². The summed E-state index contributed by atoms with van der Waals surface area (Å²) < 4.78 is 4.70. The highest BCUT2D eigenvalue weighted by Gasteiger charge is 2.11. The van der Waals surface area contributed by atoms with Gasteiger partial charge in [0.05, 0.1) is 23.6 Å². The van der Waals surface area contributed by atoms with Gasteiger partial charge < -0.3 is 15.0 Å². The van der Waals surface area contributed by atoms with Crippen LogP contribution in [0, 0.1) is 6.92 Å². The lowest BCUT2D eigenvalue weighted by Crippen LogP contribution is -2.15. The average Bonchev–Trinajstić information content (AvgIpc) is 2.69. The molecule has 3 aromatic rings. The first-order valence-electron chi connectivity index (χ1n) is 8.94. The summed E-state index contributed by atoms with van der Waals surface area (Å²) in [4.78, 5) is 43.2. The molecule has 0 spiro atoms. The van der Waals surface area contributed by atoms with Gasteiger partial charge in [-0.15, -0.1) is 0 Å². The number of hydrogen-bond donors (Lipinski definition) is 2. The van der Waals surface area contributed by atoms with Crippen LogP contribution in [0.15, 0.2) is 47.3 Å². The molecule has 0 saturated heterocycles. The molecule has 1 heterocycles. The number of aromatic nitrogens is 2. The van der Waals surface area contributed by atoms with E-state index in [1.807, 2.05) is 13.0 Å². The molecule has 0 aliphatic carbocycles. The molecule has 0 bridgehead atoms. The molecule has 0 aliphatic heterocycles. The number of aryl methyl sites for hydroxylation is 2. The number of carbonyl (C=O) groups is 2. The van der Waals surface area contributed by atoms with Crippen molar-refractivity contribution in [3.8, 4) is 0 Å². The van der Waals surface area contributed by atoms with E-state index < -0.39 is 5.97 Å². The number of hydrogen-bond acceptors (Lipinski definition) is 5. The van der Waals surface area contributed by atoms with Crippen LogP contribution < -0.4 is 10.9 Å². The molecule has 0 unspecified atom stereocenters. The van der Waals surface area contributed by atoms with Gasteiger partial charge >= 0.3 is 5.97 Å². The Kier molecular flexibility index (Phi) is 5.84. The van der Waals surface area contributed by atoms with Gasteiger partial charge in [0.1, 0.15) is 5.82 Å². The second kappa shape index (κ2) is 8.47. The van der Waals surface area contributed by atoms with Gasteiger partial charge in [0.25, 0.3) is 5.56 Å². The van der Waals surface area contributed by atoms with Crippen LogP contribution in [0.25, 0.3) is 10.9 Å². The van der Waals surface area contributed by atoms with E-state index in [1.54, 1.807) is 36.4 Å². The first-order valence-corrected chi connectivity index (χ1v) is 8.94. The predicted molar refractivity (Wildman–Crippen MR) is 106 cm³/mol. The molecular formula is C21H21N3O4. The second-order valence-corrected chi connectivity index (χ2v) is 6.45. The lowest BCUT2D eigenvalue weighted by molar-refractivity contribution is -0.116. The van der Waals surface area contributed by atoms with Gasteiger partial charge in [-0.2, -0.15) is 0 Å². The Hall–Kier alpha value is -3.48. The third kappa shape index (κ3) is 4.43. The molecule has 0 radical (unpaired) electrons. The van der Waals surface area contributed by atoms with E-state index in [1.165, 1.54) is 7.11 Å². The number of aromatic amines is 1. The lowest BCUT2D eigenvalue weighted by Gasteiger charge is -2.10. The smallest absolute Gasteiger partial charge is 0.337 e. The van der Waals surface area contributed by atoms with Gasteiger partial charge in [-0.3, -0.25) is 9.59 Å². The number of benzene rings is 2. The molecule has 0 saturated carbocycles. The third-order valence-corrected chi connectivity index (χ3v) is 4.41. The van der Waals surface area contributed by atoms with Crippen LogP contribution in [0.2, 0.25) is 0 Å². The van der Waals surface area contributed by atoms with Crippen molar-refractivity contribution in [2.45, 2.75) is 26.2 Å². The van der Waals surface area contributed by atoms with Crippen molar-refractivity contribution >= 4 is 28.5 Å². The molecular weight excluding hydrogens is 358 g/mol. The van der Waals surface area contributed by atoms with E-state index >= 15 is 0 Å². The van der Waals surface area contributed by atoms with Gasteiger partial charge in [0.2, 0.25) is 5.91 Å². The van der Waals surface area contributed by atoms with E-state index in [-0.39, 0.29) is 17.9 Å². The monoisotopic (exact) mass is 379 g/mol. The quantitative estimate of drug-likeness (QED) is 0.641. The highest BCUT2D eigenvalue weighted by molar-refractivity contribution is 5.95. The van der Waals surface area contributed by atoms with Crippen molar-refractivity contribution in [3.05, 3.63) is 69.8 Å². The highest BCUT2D eigenvalue weighted by atomic mass is 16.5. The number of anilines is 1. The van der Waals surface area contributed by atoms with E-state index in [0.717, 1.165) is 5.56 Å². The topological polar surface area (TPSA) is 101 Å². The summed E-state index contributed by atoms with van der Waals surface area (Å²) in [5.41, 5.74) is 2.26. The number of para-hydroxylation sites is 1. The standard InChI is InChI=1S/C21H21N3O4/c1-13-10-11-14(21(27)28-2)12-17(13)23-19(25)9-5-8-18-22-16-7-4-3-6-15(16)20(26)24-18/h3-4,6-7,10-12H,5,8-9H2,1-2H3,(H,23,25)(H,22,24,26). The molecule has 2 aromatic carbocycles. The zero-order valence-electron chi connectivity index (χ0n) is 15.7. The van der Waals surface area contributed by atoms with Crippen LogP contribution in [0.1, 0.15) is 34.6 Å². The average molecular weight is 379 g/mol. The van der Waals surface area contributed by atoms with E-state index in [4.69, 9.17) is 4.74 Å². The predicted octanol–water partition coefficient (Wildman–Crippen LogP) is 2.98. The Balaban J connectivity index is 1.61. The van der Waals surface area contributed by atoms with Gasteiger partial charge in [0.15, 0.2) is 0 Å². The Morgan fingerprint density at radius 3 is 2.75 bits per heavy atom. The second-order valence-electron chi connectivity index (χ2n) is 6.45. The summed E-state index contributed by atoms with van der Waals surface area (Å²) >= 11 is 0. The molecule has 1 aromatic heterocycles. The minimum Gasteiger partial charge on any atom is -0.465 e. The van der Waals surface area contributed by atoms with Crippen molar-refractivity contribution in [2.24, 2.45) is 0 Å². The summed E-state index contributed by atoms with van der Waals surface area (Å²) in [5, 5.41) is 3.36. The van der Waals surface area contributed by atoms with Crippen LogP contribution in [0.4, 0.5) is 5.69 Å². The normalized spacial score (nSPS) is 10.6. The molecule has 0 atom stereocenters. The molecule has 7 nitrogen and oxygen atoms in total. The van der Waals surface area contributed by atoms with Crippen LogP contribution in [0.5, 0.6) is 0 Å². The maximum Gasteiger partial charge on any atom is 0.337 e. The number of methoxy groups -OCH3 is 1. The fourth-order valence-electron chi connectivity index (χ4n) is 2.88. The Morgan fingerprint density at radius 1 is 1.18 bits per heavy atom. The van der Waals surface area contributed by atoms with Gasteiger partial charge in [-0.1, -0.05) is 18.2 Å². The number of ether oxygens (including phenoxy) is 1. The number of nitrogens with one attached hydrogen (secondary N) is 2. The van der Waals surface area contributed by atoms with Crippen LogP contribution >= 0.6 is 0 Å². The Bertz CT molecular complexity index is 1090. The van der Waals surface area contributed by atoms with Crippen molar-refractivity contribution in [3.63, 3.8) is 0 Å². The number of fused-ring (bicyclic) bond motifs is 1. The molecule has 2 N–H and O–H groups in total. The fraction of sp³-hybridized carbons (Fsp3) is 0.238. The summed E-state index contributed by atoms with van der Waals surface area (Å²) in [5.74, 6) is -0.0737. The maximum atomic E-state index is 12.3. The zero-order chi connectivity index (χ0) is 20.1. The Morgan fingerprint density at radius 2 is 1.96 bits per heavy atom. The van der Waals surface area contributed by atoms with Gasteiger partial charge in [-0.05, 0) is 43.2 Å². The van der Waals surface area contributed by atoms with E-state index in [9.17, 15) is 14.4 Å². The fourth-order valence-corrected chi connectivity index (χ4v) is 2.88. The SMILES string of the molecule is COC(=O)c1ccc(C)c(NC(=O)CCCc2nc3ccccc3c(=O)[nH]2)c1. The lowest BCUT2D eigenvalue weighted by atomic mass is 10.1. The molecule has 0 aliphatic rings. The number of amides is 1. The van der Waals surface area contributed by atoms with Crippen LogP contribution in [0.3, 0.4) is 0 Å². The molecule has 3 rings (SSSR count). The third-order valence-electron chi connectivity index (χ3n) is 4.41. The number of rotatable bonds is 6. The number of H-pyrrole nitrogens is 1. The first kappa shape index (κ1) is 19.3. The van der Waals surface area contributed by atoms with Crippen LogP contribution in [-0.2, 0) is 16.0 Å². The first-order chi connectivity index (χ1) is 13.5. The van der Waals surface area contributed by atoms with Crippen molar-refractivity contribution < 1.29 is 14.3 Å². The number of nitrogens with zero attached hydrogens (tertiary/aromatic N) is 1. The highest BCUT2D eigenvalue weighted by Crippen LogP contribution is 2.18. The minimum absolute atomic E-state index is 0.173. The summed E-state index contributed by atoms with van der Waals surface area (Å²) in [6.45, 7) is 1.85. The van der Waals surface area contributed by atoms with Crippen molar-refractivity contribution in [1.82, 2.24) is 9.97 Å². The van der Waals surface area contributed by atoms with Crippen LogP contribution in [-0.4, -0.2) is 29.0 Å². The zero-order valence-corrected chi connectivity index (χ0v) is 15.7. The van der Waals surface area contributed by atoms with Crippen molar-refractivity contribution in [1.29, 1.82) is 0 Å². The largest absolute Gasteiger partial charge is 0.465 e. The number of esters is 1. The van der Waals surface area contributed by atoms with Gasteiger partial charge in [-0.25, -0.2) is 9.78 Å². The molecule has 144 valence electrons. The summed E-state index contributed by atoms with van der Waals surface area (Å²) in [6, 6.07) is 12.1. The Labute approximate surface area is 161 Å². The minimum atomic E-state index is -0.457. The van der Waals surface area contributed by atoms with Gasteiger partial charge in [0, 0.05) is 18.5 Å². The molecule has 0 fully saturated rings. The molecule has 1 amide bonds. The van der Waals surface area contributed by atoms with E-state index in [2.05, 4.69) is 15.3 Å². The molecule has 7 heteroatoms. The van der Waals surface area contributed by atoms with Crippen molar-refractivity contribution in [2.75, 3.05) is 12.4 Å². The maximum absolute atomic E-state index is 12.3. The summed E-state index contributed by atoms with van der Waals surface area (Å²) in [6.07, 6.45) is 1.27. The summed E-state index contributed by atoms with van der Waals surface area (Å²) in [7, 11) is 1.31.